The molecule has 0 unspecified atom stereocenters. The van der Waals surface area contributed by atoms with E-state index in [1.807, 2.05) is 0 Å². The molecule has 22 heavy (non-hydrogen) atoms. The average Bonchev–Trinajstić information content (AvgIpc) is 2.38. The first-order chi connectivity index (χ1) is 9.27. The molecule has 0 aliphatic heterocycles. The standard InChI is InChI=1S/C10H17N3O6S.2Na/c11-5(10(18)19)1-2-7(14)13-6(4-20)9(17)12-3-8(15)16;;/h5-6,20H,1-4,11H2,(H,12,17)(H,13,14)(H,15,16)(H,18,19);;/t5-,6-;;/m0../s1. The number of carboxylic acid groups (broad SMARTS) is 2. The predicted molar refractivity (Wildman–Crippen MR) is 82.8 cm³/mol. The second-order valence-corrected chi connectivity index (χ2v) is 4.26. The number of carbonyl (C=O) groups excluding carboxylic acids is 2. The molecule has 0 bridgehead atoms. The van der Waals surface area contributed by atoms with Gasteiger partial charge in [0.15, 0.2) is 0 Å². The molecule has 0 fully saturated rings. The van der Waals surface area contributed by atoms with Crippen LogP contribution in [-0.2, 0) is 19.2 Å². The van der Waals surface area contributed by atoms with Crippen molar-refractivity contribution >= 4 is 95.5 Å². The number of thiol groups is 1. The molecular formula is C10H17N3Na2O6S. The van der Waals surface area contributed by atoms with Gasteiger partial charge in [-0.1, -0.05) is 0 Å². The summed E-state index contributed by atoms with van der Waals surface area (Å²) >= 11 is 3.87. The van der Waals surface area contributed by atoms with E-state index in [1.165, 1.54) is 0 Å². The molecule has 0 aromatic rings. The van der Waals surface area contributed by atoms with Crippen molar-refractivity contribution in [1.82, 2.24) is 10.6 Å². The Hall–Kier alpha value is 0.190. The quantitative estimate of drug-likeness (QED) is 0.191. The van der Waals surface area contributed by atoms with E-state index in [0.717, 1.165) is 0 Å². The smallest absolute Gasteiger partial charge is 0.322 e. The molecule has 0 aliphatic carbocycles. The third kappa shape index (κ3) is 12.7. The zero-order valence-corrected chi connectivity index (χ0v) is 17.4. The van der Waals surface area contributed by atoms with E-state index in [0.29, 0.717) is 0 Å². The number of amides is 2. The van der Waals surface area contributed by atoms with Gasteiger partial charge in [0.25, 0.3) is 0 Å². The van der Waals surface area contributed by atoms with Crippen LogP contribution in [0.1, 0.15) is 12.8 Å². The third-order valence-corrected chi connectivity index (χ3v) is 2.61. The van der Waals surface area contributed by atoms with Gasteiger partial charge >= 0.3 is 11.9 Å². The molecule has 2 atom stereocenters. The van der Waals surface area contributed by atoms with Crippen molar-refractivity contribution in [2.24, 2.45) is 5.73 Å². The van der Waals surface area contributed by atoms with E-state index in [1.54, 1.807) is 0 Å². The minimum absolute atomic E-state index is 0. The Morgan fingerprint density at radius 1 is 1.14 bits per heavy atom. The first-order valence-corrected chi connectivity index (χ1v) is 6.29. The Kier molecular flexibility index (Phi) is 18.2. The van der Waals surface area contributed by atoms with E-state index in [-0.39, 0.29) is 77.7 Å². The number of nitrogens with two attached hydrogens (primary N) is 1. The fraction of sp³-hybridized carbons (Fsp3) is 0.600. The maximum absolute atomic E-state index is 11.5. The Morgan fingerprint density at radius 2 is 1.68 bits per heavy atom. The predicted octanol–water partition coefficient (Wildman–Crippen LogP) is -2.97. The second kappa shape index (κ2) is 14.8. The number of hydrogen-bond acceptors (Lipinski definition) is 6. The van der Waals surface area contributed by atoms with Gasteiger partial charge in [0.2, 0.25) is 11.8 Å². The van der Waals surface area contributed by atoms with Crippen molar-refractivity contribution in [3.05, 3.63) is 0 Å². The molecule has 0 saturated carbocycles. The van der Waals surface area contributed by atoms with E-state index < -0.39 is 42.4 Å². The molecule has 116 valence electrons. The van der Waals surface area contributed by atoms with Gasteiger partial charge in [-0.15, -0.1) is 0 Å². The molecule has 2 amide bonds. The zero-order chi connectivity index (χ0) is 15.7. The van der Waals surface area contributed by atoms with Crippen LogP contribution in [0.3, 0.4) is 0 Å². The van der Waals surface area contributed by atoms with Crippen LogP contribution in [0, 0.1) is 0 Å². The summed E-state index contributed by atoms with van der Waals surface area (Å²) in [4.78, 5) is 43.7. The van der Waals surface area contributed by atoms with Crippen LogP contribution >= 0.6 is 12.6 Å². The van der Waals surface area contributed by atoms with Gasteiger partial charge in [-0.2, -0.15) is 12.6 Å². The Balaban J connectivity index is -0.00000180. The van der Waals surface area contributed by atoms with Crippen LogP contribution < -0.4 is 16.4 Å². The van der Waals surface area contributed by atoms with Gasteiger partial charge < -0.3 is 26.6 Å². The van der Waals surface area contributed by atoms with Crippen molar-refractivity contribution in [3.8, 4) is 0 Å². The second-order valence-electron chi connectivity index (χ2n) is 3.90. The summed E-state index contributed by atoms with van der Waals surface area (Å²) in [6.45, 7) is -0.567. The van der Waals surface area contributed by atoms with Crippen LogP contribution in [0.4, 0.5) is 0 Å². The number of carboxylic acids is 2. The minimum Gasteiger partial charge on any atom is -0.480 e. The fourth-order valence-electron chi connectivity index (χ4n) is 1.16. The molecule has 0 aromatic heterocycles. The summed E-state index contributed by atoms with van der Waals surface area (Å²) in [5.41, 5.74) is 5.23. The molecule has 2 radical (unpaired) electrons. The molecule has 6 N–H and O–H groups in total. The van der Waals surface area contributed by atoms with E-state index in [9.17, 15) is 19.2 Å². The van der Waals surface area contributed by atoms with Gasteiger partial charge in [-0.05, 0) is 6.42 Å². The van der Waals surface area contributed by atoms with Crippen molar-refractivity contribution in [1.29, 1.82) is 0 Å². The molecule has 0 heterocycles. The average molecular weight is 353 g/mol. The topological polar surface area (TPSA) is 159 Å². The minimum atomic E-state index is -1.22. The first kappa shape index (κ1) is 27.1. The number of aliphatic carboxylic acids is 2. The third-order valence-electron chi connectivity index (χ3n) is 2.25. The monoisotopic (exact) mass is 353 g/mol. The summed E-state index contributed by atoms with van der Waals surface area (Å²) in [5, 5.41) is 21.4. The molecule has 9 nitrogen and oxygen atoms in total. The Labute approximate surface area is 177 Å². The molecule has 12 heteroatoms. The summed E-state index contributed by atoms with van der Waals surface area (Å²) in [6.07, 6.45) is -0.235. The first-order valence-electron chi connectivity index (χ1n) is 5.66. The normalized spacial score (nSPS) is 11.9. The number of nitrogens with one attached hydrogen (secondary N) is 2. The largest absolute Gasteiger partial charge is 0.480 e. The summed E-state index contributed by atoms with van der Waals surface area (Å²) in [5.74, 6) is -3.70. The van der Waals surface area contributed by atoms with Crippen molar-refractivity contribution in [3.63, 3.8) is 0 Å². The van der Waals surface area contributed by atoms with Gasteiger partial charge in [-0.3, -0.25) is 19.2 Å². The van der Waals surface area contributed by atoms with Gasteiger partial charge in [0.05, 0.1) is 0 Å². The van der Waals surface area contributed by atoms with E-state index in [4.69, 9.17) is 15.9 Å². The van der Waals surface area contributed by atoms with E-state index >= 15 is 0 Å². The van der Waals surface area contributed by atoms with Crippen LogP contribution in [0.5, 0.6) is 0 Å². The summed E-state index contributed by atoms with van der Waals surface area (Å²) in [6, 6.07) is -2.15. The summed E-state index contributed by atoms with van der Waals surface area (Å²) < 4.78 is 0. The number of hydrogen-bond donors (Lipinski definition) is 6. The number of carbonyl (C=O) groups is 4. The SMILES string of the molecule is N[C@@H](CCC(=O)N[C@@H](CS)C(=O)NCC(=O)O)C(=O)O.[Na].[Na]. The number of rotatable bonds is 9. The van der Waals surface area contributed by atoms with Crippen LogP contribution in [0.15, 0.2) is 0 Å². The summed E-state index contributed by atoms with van der Waals surface area (Å²) in [7, 11) is 0. The molecule has 0 rings (SSSR count). The fourth-order valence-corrected chi connectivity index (χ4v) is 1.41. The van der Waals surface area contributed by atoms with Gasteiger partial charge in [0.1, 0.15) is 18.6 Å². The van der Waals surface area contributed by atoms with Gasteiger partial charge in [-0.25, -0.2) is 0 Å². The molecule has 0 aromatic carbocycles. The molecule has 0 spiro atoms. The molecule has 0 aliphatic rings. The Bertz CT molecular complexity index is 399. The maximum Gasteiger partial charge on any atom is 0.322 e. The maximum atomic E-state index is 11.5. The van der Waals surface area contributed by atoms with Crippen LogP contribution in [0.2, 0.25) is 0 Å². The Morgan fingerprint density at radius 3 is 2.09 bits per heavy atom. The van der Waals surface area contributed by atoms with Gasteiger partial charge in [0, 0.05) is 71.3 Å². The zero-order valence-electron chi connectivity index (χ0n) is 12.5. The van der Waals surface area contributed by atoms with Crippen molar-refractivity contribution in [2.45, 2.75) is 24.9 Å². The van der Waals surface area contributed by atoms with E-state index in [2.05, 4.69) is 23.3 Å². The van der Waals surface area contributed by atoms with Crippen molar-refractivity contribution in [2.75, 3.05) is 12.3 Å². The van der Waals surface area contributed by atoms with Crippen molar-refractivity contribution < 1.29 is 29.4 Å². The van der Waals surface area contributed by atoms with Crippen LogP contribution in [0.25, 0.3) is 0 Å². The van der Waals surface area contributed by atoms with Crippen LogP contribution in [-0.4, -0.2) is 117 Å². The molecule has 0 saturated heterocycles. The molecular weight excluding hydrogens is 336 g/mol.